The Morgan fingerprint density at radius 1 is 0.381 bits per heavy atom. The summed E-state index contributed by atoms with van der Waals surface area (Å²) in [6.45, 7) is -3.56. The van der Waals surface area contributed by atoms with Crippen LogP contribution in [-0.4, -0.2) is 383 Å². The number of aliphatic hydroxyl groups excluding tert-OH is 20. The number of carbonyl (C=O) groups excluding carboxylic acids is 3. The first-order valence-electron chi connectivity index (χ1n) is 35.7. The van der Waals surface area contributed by atoms with E-state index in [0.29, 0.717) is 51.4 Å². The number of esters is 3. The Morgan fingerprint density at radius 2 is 0.733 bits per heavy atom. The average molecular weight is 1520 g/mol. The number of carboxylic acids is 1. The summed E-state index contributed by atoms with van der Waals surface area (Å²) in [6, 6.07) is 0. The Bertz CT molecular complexity index is 2820. The molecule has 0 radical (unpaired) electrons. The lowest BCUT2D eigenvalue weighted by Crippen LogP contribution is -2.65. The van der Waals surface area contributed by atoms with E-state index >= 15 is 0 Å². The maximum Gasteiger partial charge on any atom is 0.330 e. The summed E-state index contributed by atoms with van der Waals surface area (Å²) in [5, 5.41) is 225. The monoisotopic (exact) mass is 1520 g/mol. The maximum atomic E-state index is 13.3. The highest BCUT2D eigenvalue weighted by Gasteiger charge is 2.59. The molecule has 22 N–H and O–H groups in total. The van der Waals surface area contributed by atoms with Gasteiger partial charge in [0.15, 0.2) is 43.7 Å². The lowest BCUT2D eigenvalue weighted by atomic mass is 9.72. The van der Waals surface area contributed by atoms with Crippen LogP contribution in [0.3, 0.4) is 0 Å². The molecule has 10 fully saturated rings. The van der Waals surface area contributed by atoms with Gasteiger partial charge in [-0.05, 0) is 82.5 Å². The number of aliphatic hydroxyl groups is 22. The molecule has 6 saturated heterocycles. The number of allylic oxidation sites excluding steroid dienone is 2. The second-order valence-corrected chi connectivity index (χ2v) is 29.1. The van der Waals surface area contributed by atoms with Crippen LogP contribution in [0.5, 0.6) is 0 Å². The highest BCUT2D eigenvalue weighted by atomic mass is 16.8. The van der Waals surface area contributed by atoms with Gasteiger partial charge in [0, 0.05) is 30.9 Å². The fourth-order valence-electron chi connectivity index (χ4n) is 15.6. The second-order valence-electron chi connectivity index (χ2n) is 29.1. The summed E-state index contributed by atoms with van der Waals surface area (Å²) < 4.78 is 80.2. The normalized spacial score (nSPS) is 47.9. The van der Waals surface area contributed by atoms with Gasteiger partial charge in [-0.25, -0.2) is 9.59 Å². The molecule has 0 aromatic rings. The molecule has 105 heavy (non-hydrogen) atoms. The van der Waals surface area contributed by atoms with E-state index < -0.39 is 284 Å². The van der Waals surface area contributed by atoms with E-state index in [1.165, 1.54) is 6.08 Å². The van der Waals surface area contributed by atoms with Gasteiger partial charge >= 0.3 is 23.9 Å². The lowest BCUT2D eigenvalue weighted by molar-refractivity contribution is -0.365. The van der Waals surface area contributed by atoms with Gasteiger partial charge in [-0.2, -0.15) is 0 Å². The number of hydrogen-bond acceptors (Lipinski definition) is 37. The van der Waals surface area contributed by atoms with Gasteiger partial charge in [0.2, 0.25) is 0 Å². The second kappa shape index (κ2) is 37.4. The lowest BCUT2D eigenvalue weighted by Gasteiger charge is -2.50. The Balaban J connectivity index is 0.730. The van der Waals surface area contributed by atoms with Gasteiger partial charge in [0.1, 0.15) is 161 Å². The third-order valence-corrected chi connectivity index (χ3v) is 21.8. The van der Waals surface area contributed by atoms with Crippen molar-refractivity contribution in [3.05, 3.63) is 24.3 Å². The van der Waals surface area contributed by atoms with Gasteiger partial charge < -0.3 is 174 Å². The predicted molar refractivity (Wildman–Crippen MR) is 337 cm³/mol. The molecule has 39 nitrogen and oxygen atoms in total. The SMILES string of the molecule is O=C(O)CC(=O)OC[C@H]1O[C@@H](OC2CC3C(O)CC(O)CC3[OH+]C2C2CC(O[C@@H]3O[C@H](CO)[C@@H](O)[C@H](O)[C@H]3O)C(O)C(O[C@@H]3O[C@H](COC(=O)C=CC4CCC(O[C@@H]5O[C@H](COC(=O)C=CC6CCC(O[C@@H]7O[C@H](CO)[C@@H](O)[C@H](O)[C@H]7O)CC6)[C@@H](O)[C@H](O)[C@H]5O)CC4)[C@@H](O)[C@H](O)[C@H]3O)C2)[C@H](O)[C@@H](O)[C@@H]1O. The number of aliphatic carboxylic acids is 1. The highest BCUT2D eigenvalue weighted by Crippen LogP contribution is 2.45. The summed E-state index contributed by atoms with van der Waals surface area (Å²) >= 11 is 0. The molecule has 0 amide bonds. The minimum Gasteiger partial charge on any atom is -0.481 e. The Morgan fingerprint density at radius 3 is 1.11 bits per heavy atom. The molecule has 4 saturated carbocycles. The summed E-state index contributed by atoms with van der Waals surface area (Å²) in [4.78, 5) is 49.4. The van der Waals surface area contributed by atoms with Crippen LogP contribution in [0.25, 0.3) is 0 Å². The number of fused-ring (bicyclic) bond motifs is 1. The smallest absolute Gasteiger partial charge is 0.330 e. The van der Waals surface area contributed by atoms with E-state index in [1.54, 1.807) is 12.2 Å². The molecule has 6 heterocycles. The number of rotatable bonds is 25. The van der Waals surface area contributed by atoms with E-state index in [9.17, 15) is 121 Å². The van der Waals surface area contributed by atoms with Crippen LogP contribution in [0.4, 0.5) is 0 Å². The first-order valence-corrected chi connectivity index (χ1v) is 35.7. The van der Waals surface area contributed by atoms with Crippen LogP contribution >= 0.6 is 0 Å². The van der Waals surface area contributed by atoms with Gasteiger partial charge in [-0.3, -0.25) is 9.59 Å². The van der Waals surface area contributed by atoms with Crippen LogP contribution in [0.2, 0.25) is 0 Å². The molecule has 6 aliphatic heterocycles. The Hall–Kier alpha value is -3.88. The minimum atomic E-state index is -2.08. The zero-order valence-corrected chi connectivity index (χ0v) is 57.0. The third kappa shape index (κ3) is 20.4. The number of ether oxygens (including phenoxy) is 14. The van der Waals surface area contributed by atoms with Crippen molar-refractivity contribution in [2.24, 2.45) is 23.7 Å². The van der Waals surface area contributed by atoms with Crippen molar-refractivity contribution in [3.63, 3.8) is 0 Å². The van der Waals surface area contributed by atoms with Crippen LogP contribution < -0.4 is 0 Å². The maximum absolute atomic E-state index is 13.3. The Labute approximate surface area is 600 Å². The van der Waals surface area contributed by atoms with Gasteiger partial charge in [0.25, 0.3) is 0 Å². The fourth-order valence-corrected chi connectivity index (χ4v) is 15.6. The predicted octanol–water partition coefficient (Wildman–Crippen LogP) is -9.90. The zero-order valence-electron chi connectivity index (χ0n) is 57.0. The quantitative estimate of drug-likeness (QED) is 0.0133. The number of carbonyl (C=O) groups is 4. The molecule has 4 aliphatic carbocycles. The summed E-state index contributed by atoms with van der Waals surface area (Å²) in [6.07, 6.45) is -46.9. The molecule has 35 atom stereocenters. The van der Waals surface area contributed by atoms with Crippen molar-refractivity contribution in [2.75, 3.05) is 33.0 Å². The Kier molecular flexibility index (Phi) is 29.8. The van der Waals surface area contributed by atoms with Gasteiger partial charge in [0.05, 0.1) is 55.8 Å². The largest absolute Gasteiger partial charge is 0.481 e. The van der Waals surface area contributed by atoms with E-state index in [4.69, 9.17) is 71.4 Å². The highest BCUT2D eigenvalue weighted by molar-refractivity contribution is 5.90. The van der Waals surface area contributed by atoms with Crippen molar-refractivity contribution < 1.29 is 193 Å². The van der Waals surface area contributed by atoms with E-state index in [-0.39, 0.29) is 50.0 Å². The molecular weight excluding hydrogens is 1420 g/mol. The standard InChI is InChI=1S/C66H102O39/c67-19-36-46(77)51(82)56(87)62(101-36)95-28-7-1-24(2-8-28)5-11-42(73)92-21-38-48(79)53(84)57(88)63(103-38)96-29-9-3-25(4-10-29)6-12-43(74)93-22-39-49(80)54(85)59(90)65(104-39)99-34-14-26(13-33(45(34)76)98-64-58(89)52(83)47(78)37(20-68)102-64)61-35(17-30-31(70)15-27(69)16-32(30)97-61)100-66-60(91)55(86)50(81)40(105-66)23-94-44(75)18-41(71)72/h5-6,11-12,24-40,45-70,76-91H,1-4,7-10,13-23H2,(H,71,72)/p+1/t24?,25?,26?,27?,28?,29?,30?,31?,32?,33?,34?,35?,36-,37-,38-,39-,40-,45?,46-,47-,48-,49-,50-,51+,52+,53+,54+,55+,56-,57-,58-,59-,60-,61?,62-,63-,64-,65-,66-/m1/s1. The van der Waals surface area contributed by atoms with E-state index in [2.05, 4.69) is 0 Å². The molecule has 10 rings (SSSR count). The van der Waals surface area contributed by atoms with Crippen molar-refractivity contribution in [1.82, 2.24) is 0 Å². The van der Waals surface area contributed by atoms with Crippen molar-refractivity contribution in [1.29, 1.82) is 0 Å². The van der Waals surface area contributed by atoms with Crippen LogP contribution in [0, 0.1) is 23.7 Å². The van der Waals surface area contributed by atoms with Crippen molar-refractivity contribution in [2.45, 2.75) is 304 Å². The molecule has 600 valence electrons. The fraction of sp³-hybridized carbons (Fsp3) is 0.879. The first-order chi connectivity index (χ1) is 49.9. The third-order valence-electron chi connectivity index (χ3n) is 21.8. The molecule has 0 spiro atoms. The van der Waals surface area contributed by atoms with Crippen LogP contribution in [-0.2, 0) is 80.8 Å². The van der Waals surface area contributed by atoms with Crippen molar-refractivity contribution in [3.8, 4) is 0 Å². The molecule has 0 aromatic heterocycles. The molecule has 10 aliphatic rings. The molecule has 39 heteroatoms. The molecule has 10 unspecified atom stereocenters. The molecular formula is C66H103O39+. The van der Waals surface area contributed by atoms with E-state index in [0.717, 1.165) is 6.08 Å². The number of carboxylic acid groups (broad SMARTS) is 1. The minimum absolute atomic E-state index is 0.0361. The number of hydrogen-bond donors (Lipinski definition) is 21. The van der Waals surface area contributed by atoms with Gasteiger partial charge in [-0.15, -0.1) is 0 Å². The molecule has 0 bridgehead atoms. The van der Waals surface area contributed by atoms with Gasteiger partial charge in [-0.1, -0.05) is 12.2 Å². The summed E-state index contributed by atoms with van der Waals surface area (Å²) in [5.41, 5.74) is 0. The molecule has 0 aromatic carbocycles. The summed E-state index contributed by atoms with van der Waals surface area (Å²) in [7, 11) is 0. The van der Waals surface area contributed by atoms with Crippen molar-refractivity contribution >= 4 is 23.9 Å². The summed E-state index contributed by atoms with van der Waals surface area (Å²) in [5.74, 6) is -6.46. The van der Waals surface area contributed by atoms with E-state index in [1.807, 2.05) is 0 Å². The van der Waals surface area contributed by atoms with Crippen LogP contribution in [0.1, 0.15) is 89.9 Å². The first kappa shape index (κ1) is 83.6. The average Bonchev–Trinajstić information content (AvgIpc) is 0.764. The topological polar surface area (TPSA) is 626 Å². The zero-order chi connectivity index (χ0) is 76.0. The van der Waals surface area contributed by atoms with Crippen LogP contribution in [0.15, 0.2) is 24.3 Å².